The van der Waals surface area contributed by atoms with Crippen molar-refractivity contribution >= 4 is 5.97 Å². The predicted octanol–water partition coefficient (Wildman–Crippen LogP) is 1.33. The van der Waals surface area contributed by atoms with Gasteiger partial charge in [0, 0.05) is 7.05 Å². The Bertz CT molecular complexity index is 265. The average molecular weight is 199 g/mol. The molecule has 14 heavy (non-hydrogen) atoms. The lowest BCUT2D eigenvalue weighted by atomic mass is 9.86. The Morgan fingerprint density at radius 2 is 2.14 bits per heavy atom. The maximum absolute atomic E-state index is 11.2. The van der Waals surface area contributed by atoms with E-state index in [1.165, 1.54) is 7.11 Å². The van der Waals surface area contributed by atoms with Crippen molar-refractivity contribution in [3.8, 4) is 0 Å². The fraction of sp³-hybridized carbons (Fsp3) is 0.700. The molecule has 1 aliphatic rings. The number of carbonyl (C=O) groups is 1. The molecule has 4 nitrogen and oxygen atoms in total. The number of esters is 1. The fourth-order valence-corrected chi connectivity index (χ4v) is 1.49. The van der Waals surface area contributed by atoms with E-state index in [4.69, 9.17) is 4.84 Å². The number of nitrogens with zero attached hydrogens (tertiary/aromatic N) is 1. The Kier molecular flexibility index (Phi) is 2.85. The summed E-state index contributed by atoms with van der Waals surface area (Å²) in [5, 5.41) is 1.67. The first-order chi connectivity index (χ1) is 6.36. The van der Waals surface area contributed by atoms with Gasteiger partial charge in [-0.3, -0.25) is 0 Å². The molecule has 1 heterocycles. The summed E-state index contributed by atoms with van der Waals surface area (Å²) in [6.07, 6.45) is 1.80. The Morgan fingerprint density at radius 3 is 2.50 bits per heavy atom. The molecule has 0 aliphatic carbocycles. The Labute approximate surface area is 84.4 Å². The number of ether oxygens (including phenoxy) is 1. The summed E-state index contributed by atoms with van der Waals surface area (Å²) >= 11 is 0. The third kappa shape index (κ3) is 2.07. The second kappa shape index (κ2) is 3.61. The summed E-state index contributed by atoms with van der Waals surface area (Å²) in [7, 11) is 3.15. The molecule has 0 N–H and O–H groups in total. The van der Waals surface area contributed by atoms with Crippen molar-refractivity contribution in [2.45, 2.75) is 26.8 Å². The van der Waals surface area contributed by atoms with Crippen LogP contribution in [0.4, 0.5) is 0 Å². The molecule has 4 heteroatoms. The predicted molar refractivity (Wildman–Crippen MR) is 52.2 cm³/mol. The van der Waals surface area contributed by atoms with Gasteiger partial charge in [-0.15, -0.1) is 5.06 Å². The summed E-state index contributed by atoms with van der Waals surface area (Å²) in [6.45, 7) is 6.27. The first-order valence-corrected chi connectivity index (χ1v) is 4.57. The zero-order chi connectivity index (χ0) is 10.9. The quantitative estimate of drug-likeness (QED) is 0.597. The molecular weight excluding hydrogens is 182 g/mol. The van der Waals surface area contributed by atoms with Gasteiger partial charge in [0.15, 0.2) is 0 Å². The van der Waals surface area contributed by atoms with Crippen molar-refractivity contribution in [1.29, 1.82) is 0 Å². The van der Waals surface area contributed by atoms with E-state index in [9.17, 15) is 4.79 Å². The minimum Gasteiger partial charge on any atom is -0.463 e. The SMILES string of the molecule is COC(=O)C1=CC(C(C)(C)C)N(C)O1. The van der Waals surface area contributed by atoms with Gasteiger partial charge in [0.2, 0.25) is 5.76 Å². The minimum atomic E-state index is -0.427. The highest BCUT2D eigenvalue weighted by Crippen LogP contribution is 2.31. The van der Waals surface area contributed by atoms with Gasteiger partial charge in [-0.2, -0.15) is 0 Å². The second-order valence-electron chi connectivity index (χ2n) is 4.47. The van der Waals surface area contributed by atoms with Crippen molar-refractivity contribution in [3.63, 3.8) is 0 Å². The lowest BCUT2D eigenvalue weighted by molar-refractivity contribution is -0.156. The van der Waals surface area contributed by atoms with Crippen LogP contribution in [-0.2, 0) is 14.4 Å². The van der Waals surface area contributed by atoms with Gasteiger partial charge in [0.05, 0.1) is 13.2 Å². The molecule has 0 amide bonds. The van der Waals surface area contributed by atoms with Gasteiger partial charge < -0.3 is 9.57 Å². The van der Waals surface area contributed by atoms with Gasteiger partial charge >= 0.3 is 5.97 Å². The molecule has 1 atom stereocenters. The normalized spacial score (nSPS) is 22.9. The van der Waals surface area contributed by atoms with Crippen molar-refractivity contribution < 1.29 is 14.4 Å². The van der Waals surface area contributed by atoms with Crippen LogP contribution in [0, 0.1) is 5.41 Å². The largest absolute Gasteiger partial charge is 0.463 e. The summed E-state index contributed by atoms with van der Waals surface area (Å²) in [6, 6.07) is 0.0941. The number of carbonyl (C=O) groups excluding carboxylic acids is 1. The number of likely N-dealkylation sites (N-methyl/N-ethyl adjacent to an activating group) is 1. The molecule has 80 valence electrons. The van der Waals surface area contributed by atoms with Crippen LogP contribution >= 0.6 is 0 Å². The van der Waals surface area contributed by atoms with E-state index in [2.05, 4.69) is 25.5 Å². The van der Waals surface area contributed by atoms with Gasteiger partial charge in [-0.1, -0.05) is 20.8 Å². The zero-order valence-electron chi connectivity index (χ0n) is 9.33. The molecule has 0 saturated carbocycles. The Balaban J connectivity index is 2.82. The summed E-state index contributed by atoms with van der Waals surface area (Å²) < 4.78 is 4.58. The summed E-state index contributed by atoms with van der Waals surface area (Å²) in [5.41, 5.74) is 0.0323. The van der Waals surface area contributed by atoms with Crippen LogP contribution in [0.1, 0.15) is 20.8 Å². The monoisotopic (exact) mass is 199 g/mol. The van der Waals surface area contributed by atoms with Crippen LogP contribution in [0.3, 0.4) is 0 Å². The van der Waals surface area contributed by atoms with Crippen LogP contribution in [0.5, 0.6) is 0 Å². The Morgan fingerprint density at radius 1 is 1.57 bits per heavy atom. The first kappa shape index (κ1) is 11.0. The van der Waals surface area contributed by atoms with Crippen molar-refractivity contribution in [3.05, 3.63) is 11.8 Å². The van der Waals surface area contributed by atoms with Crippen LogP contribution in [0.15, 0.2) is 11.8 Å². The number of hydroxylamine groups is 2. The molecule has 0 aromatic rings. The molecule has 0 saturated heterocycles. The molecule has 1 aliphatic heterocycles. The maximum Gasteiger partial charge on any atom is 0.375 e. The smallest absolute Gasteiger partial charge is 0.375 e. The van der Waals surface area contributed by atoms with E-state index in [0.29, 0.717) is 0 Å². The molecule has 0 aromatic carbocycles. The van der Waals surface area contributed by atoms with Gasteiger partial charge in [0.1, 0.15) is 0 Å². The number of hydrogen-bond acceptors (Lipinski definition) is 4. The summed E-state index contributed by atoms with van der Waals surface area (Å²) in [4.78, 5) is 16.5. The van der Waals surface area contributed by atoms with Crippen LogP contribution < -0.4 is 0 Å². The minimum absolute atomic E-state index is 0.0323. The third-order valence-corrected chi connectivity index (χ3v) is 2.22. The molecule has 1 rings (SSSR count). The van der Waals surface area contributed by atoms with E-state index in [1.807, 2.05) is 7.05 Å². The molecule has 0 aromatic heterocycles. The molecule has 0 fully saturated rings. The van der Waals surface area contributed by atoms with E-state index >= 15 is 0 Å². The average Bonchev–Trinajstić information content (AvgIpc) is 2.45. The third-order valence-electron chi connectivity index (χ3n) is 2.22. The van der Waals surface area contributed by atoms with E-state index in [0.717, 1.165) is 0 Å². The standard InChI is InChI=1S/C10H17NO3/c1-10(2,3)8-6-7(9(12)13-5)14-11(8)4/h6,8H,1-5H3. The number of rotatable bonds is 1. The van der Waals surface area contributed by atoms with Crippen molar-refractivity contribution in [2.75, 3.05) is 14.2 Å². The molecular formula is C10H17NO3. The lowest BCUT2D eigenvalue weighted by Gasteiger charge is -2.29. The maximum atomic E-state index is 11.2. The van der Waals surface area contributed by atoms with Crippen LogP contribution in [-0.4, -0.2) is 31.2 Å². The van der Waals surface area contributed by atoms with E-state index in [1.54, 1.807) is 11.1 Å². The molecule has 1 unspecified atom stereocenters. The van der Waals surface area contributed by atoms with Gasteiger partial charge in [-0.05, 0) is 11.5 Å². The zero-order valence-corrected chi connectivity index (χ0v) is 9.33. The molecule has 0 spiro atoms. The second-order valence-corrected chi connectivity index (χ2v) is 4.47. The lowest BCUT2D eigenvalue weighted by Crippen LogP contribution is -2.36. The highest BCUT2D eigenvalue weighted by Gasteiger charge is 2.36. The van der Waals surface area contributed by atoms with Gasteiger partial charge in [-0.25, -0.2) is 4.79 Å². The van der Waals surface area contributed by atoms with Crippen LogP contribution in [0.25, 0.3) is 0 Å². The molecule has 0 radical (unpaired) electrons. The van der Waals surface area contributed by atoms with Crippen molar-refractivity contribution in [1.82, 2.24) is 5.06 Å². The van der Waals surface area contributed by atoms with Gasteiger partial charge in [0.25, 0.3) is 0 Å². The Hall–Kier alpha value is -1.03. The molecule has 0 bridgehead atoms. The summed E-state index contributed by atoms with van der Waals surface area (Å²) in [5.74, 6) is -0.154. The van der Waals surface area contributed by atoms with Crippen LogP contribution in [0.2, 0.25) is 0 Å². The number of hydrogen-bond donors (Lipinski definition) is 0. The number of methoxy groups -OCH3 is 1. The van der Waals surface area contributed by atoms with E-state index < -0.39 is 5.97 Å². The van der Waals surface area contributed by atoms with Crippen molar-refractivity contribution in [2.24, 2.45) is 5.41 Å². The fourth-order valence-electron chi connectivity index (χ4n) is 1.49. The van der Waals surface area contributed by atoms with E-state index in [-0.39, 0.29) is 17.2 Å². The highest BCUT2D eigenvalue weighted by molar-refractivity contribution is 5.86. The highest BCUT2D eigenvalue weighted by atomic mass is 16.7. The first-order valence-electron chi connectivity index (χ1n) is 4.57. The topological polar surface area (TPSA) is 38.8 Å².